The van der Waals surface area contributed by atoms with Crippen molar-refractivity contribution in [2.45, 2.75) is 44.9 Å². The number of carbonyl (C=O) groups is 3. The van der Waals surface area contributed by atoms with Gasteiger partial charge in [0, 0.05) is 27.5 Å². The first-order chi connectivity index (χ1) is 20.9. The van der Waals surface area contributed by atoms with Gasteiger partial charge in [0.15, 0.2) is 0 Å². The van der Waals surface area contributed by atoms with Crippen LogP contribution < -0.4 is 25.6 Å². The predicted molar refractivity (Wildman–Crippen MR) is 173 cm³/mol. The lowest BCUT2D eigenvalue weighted by Gasteiger charge is -2.38. The van der Waals surface area contributed by atoms with Crippen LogP contribution in [0.3, 0.4) is 0 Å². The third-order valence-corrected chi connectivity index (χ3v) is 7.60. The van der Waals surface area contributed by atoms with Crippen molar-refractivity contribution in [1.29, 1.82) is 0 Å². The van der Waals surface area contributed by atoms with Crippen LogP contribution in [0.25, 0.3) is 0 Å². The highest BCUT2D eigenvalue weighted by Gasteiger charge is 2.37. The number of hydrogen-bond acceptors (Lipinski definition) is 5. The summed E-state index contributed by atoms with van der Waals surface area (Å²) in [5.41, 5.74) is 1.97. The first-order valence-corrected chi connectivity index (χ1v) is 14.6. The van der Waals surface area contributed by atoms with Crippen LogP contribution in [0.1, 0.15) is 65.6 Å². The number of methoxy groups -OCH3 is 1. The molecular formula is C35H35ClN4O4. The topological polar surface area (TPSA) is 99.8 Å². The molecule has 0 saturated carbocycles. The molecule has 1 aliphatic rings. The Hall–Kier alpha value is -4.82. The SMILES string of the molecule is COc1ccc(C(C(=O)NC(C)(C)C)N(C(=O)c2cccc(Cl)c2)c2ccc(C3(C)NC(=O)c4ccccc4N3)cc2)cc1. The summed E-state index contributed by atoms with van der Waals surface area (Å²) in [4.78, 5) is 42.8. The summed E-state index contributed by atoms with van der Waals surface area (Å²) in [7, 11) is 1.57. The fourth-order valence-electron chi connectivity index (χ4n) is 5.27. The van der Waals surface area contributed by atoms with Crippen molar-refractivity contribution >= 4 is 40.7 Å². The molecule has 0 radical (unpaired) electrons. The standard InChI is InChI=1S/C35H35ClN4O4/c1-34(2,3)38-32(42)30(22-13-19-27(44-5)20-14-22)40(33(43)23-9-8-10-25(36)21-23)26-17-15-24(16-18-26)35(4)37-29-12-7-6-11-28(29)31(41)39-35/h6-21,30,37H,1-5H3,(H,38,42)(H,39,41). The Morgan fingerprint density at radius 3 is 2.23 bits per heavy atom. The van der Waals surface area contributed by atoms with Crippen LogP contribution in [0.5, 0.6) is 5.75 Å². The number of rotatable bonds is 7. The van der Waals surface area contributed by atoms with E-state index in [1.807, 2.05) is 58.0 Å². The Balaban J connectivity index is 1.61. The van der Waals surface area contributed by atoms with E-state index in [1.165, 1.54) is 4.90 Å². The molecule has 44 heavy (non-hydrogen) atoms. The monoisotopic (exact) mass is 610 g/mol. The molecule has 0 aromatic heterocycles. The van der Waals surface area contributed by atoms with Crippen molar-refractivity contribution in [2.75, 3.05) is 17.3 Å². The van der Waals surface area contributed by atoms with Gasteiger partial charge in [0.2, 0.25) is 5.91 Å². The van der Waals surface area contributed by atoms with Crippen LogP contribution in [-0.4, -0.2) is 30.4 Å². The van der Waals surface area contributed by atoms with Gasteiger partial charge < -0.3 is 20.7 Å². The molecule has 3 N–H and O–H groups in total. The van der Waals surface area contributed by atoms with Gasteiger partial charge in [0.25, 0.3) is 11.8 Å². The third-order valence-electron chi connectivity index (χ3n) is 7.37. The van der Waals surface area contributed by atoms with Crippen LogP contribution in [-0.2, 0) is 10.5 Å². The number of nitrogens with one attached hydrogen (secondary N) is 3. The second-order valence-electron chi connectivity index (χ2n) is 11.9. The van der Waals surface area contributed by atoms with Crippen LogP contribution in [0.15, 0.2) is 97.1 Å². The van der Waals surface area contributed by atoms with Gasteiger partial charge >= 0.3 is 0 Å². The molecule has 0 bridgehead atoms. The molecule has 226 valence electrons. The van der Waals surface area contributed by atoms with Crippen molar-refractivity contribution in [3.8, 4) is 5.75 Å². The fraction of sp³-hybridized carbons (Fsp3) is 0.229. The lowest BCUT2D eigenvalue weighted by atomic mass is 9.95. The second kappa shape index (κ2) is 12.1. The molecule has 4 aromatic rings. The molecule has 0 spiro atoms. The number of carbonyl (C=O) groups excluding carboxylic acids is 3. The highest BCUT2D eigenvalue weighted by atomic mass is 35.5. The molecule has 1 heterocycles. The zero-order valence-corrected chi connectivity index (χ0v) is 26.0. The van der Waals surface area contributed by atoms with E-state index in [-0.39, 0.29) is 11.8 Å². The quantitative estimate of drug-likeness (QED) is 0.217. The van der Waals surface area contributed by atoms with E-state index in [2.05, 4.69) is 16.0 Å². The van der Waals surface area contributed by atoms with E-state index in [0.717, 1.165) is 11.3 Å². The molecule has 5 rings (SSSR count). The lowest BCUT2D eigenvalue weighted by Crippen LogP contribution is -2.53. The van der Waals surface area contributed by atoms with Gasteiger partial charge in [0.05, 0.1) is 12.7 Å². The van der Waals surface area contributed by atoms with E-state index in [9.17, 15) is 14.4 Å². The van der Waals surface area contributed by atoms with Crippen LogP contribution >= 0.6 is 11.6 Å². The first kappa shape index (κ1) is 30.6. The fourth-order valence-corrected chi connectivity index (χ4v) is 5.46. The summed E-state index contributed by atoms with van der Waals surface area (Å²) >= 11 is 6.28. The van der Waals surface area contributed by atoms with Crippen LogP contribution in [0.4, 0.5) is 11.4 Å². The van der Waals surface area contributed by atoms with Crippen molar-refractivity contribution in [1.82, 2.24) is 10.6 Å². The minimum atomic E-state index is -1.03. The highest BCUT2D eigenvalue weighted by molar-refractivity contribution is 6.31. The average molecular weight is 611 g/mol. The van der Waals surface area contributed by atoms with Gasteiger partial charge in [-0.25, -0.2) is 0 Å². The van der Waals surface area contributed by atoms with Crippen molar-refractivity contribution in [3.05, 3.63) is 124 Å². The summed E-state index contributed by atoms with van der Waals surface area (Å²) < 4.78 is 5.34. The van der Waals surface area contributed by atoms with E-state index >= 15 is 0 Å². The van der Waals surface area contributed by atoms with Crippen LogP contribution in [0, 0.1) is 0 Å². The number of fused-ring (bicyclic) bond motifs is 1. The van der Waals surface area contributed by atoms with E-state index < -0.39 is 23.2 Å². The molecule has 1 aliphatic heterocycles. The molecule has 9 heteroatoms. The average Bonchev–Trinajstić information content (AvgIpc) is 2.99. The molecule has 3 amide bonds. The predicted octanol–water partition coefficient (Wildman–Crippen LogP) is 6.68. The highest BCUT2D eigenvalue weighted by Crippen LogP contribution is 2.35. The van der Waals surface area contributed by atoms with E-state index in [0.29, 0.717) is 33.1 Å². The number of nitrogens with zero attached hydrogens (tertiary/aromatic N) is 1. The number of para-hydroxylation sites is 1. The number of anilines is 2. The molecule has 0 fully saturated rings. The maximum absolute atomic E-state index is 14.3. The second-order valence-corrected chi connectivity index (χ2v) is 12.3. The van der Waals surface area contributed by atoms with Gasteiger partial charge in [-0.1, -0.05) is 54.1 Å². The Morgan fingerprint density at radius 1 is 0.909 bits per heavy atom. The zero-order valence-electron chi connectivity index (χ0n) is 25.3. The summed E-state index contributed by atoms with van der Waals surface area (Å²) in [6.45, 7) is 7.54. The minimum absolute atomic E-state index is 0.192. The summed E-state index contributed by atoms with van der Waals surface area (Å²) in [5.74, 6) is -0.332. The molecule has 2 atom stereocenters. The smallest absolute Gasteiger partial charge is 0.259 e. The van der Waals surface area contributed by atoms with E-state index in [1.54, 1.807) is 73.8 Å². The molecular weight excluding hydrogens is 576 g/mol. The molecule has 4 aromatic carbocycles. The Labute approximate surface area is 262 Å². The Bertz CT molecular complexity index is 1700. The Morgan fingerprint density at radius 2 is 1.59 bits per heavy atom. The normalized spacial score (nSPS) is 16.5. The van der Waals surface area contributed by atoms with Crippen LogP contribution in [0.2, 0.25) is 5.02 Å². The summed E-state index contributed by atoms with van der Waals surface area (Å²) in [5, 5.41) is 9.93. The van der Waals surface area contributed by atoms with Crippen molar-refractivity contribution in [2.24, 2.45) is 0 Å². The maximum Gasteiger partial charge on any atom is 0.259 e. The van der Waals surface area contributed by atoms with Gasteiger partial charge in [-0.15, -0.1) is 0 Å². The van der Waals surface area contributed by atoms with Gasteiger partial charge in [-0.3, -0.25) is 19.3 Å². The van der Waals surface area contributed by atoms with Gasteiger partial charge in [-0.2, -0.15) is 0 Å². The lowest BCUT2D eigenvalue weighted by molar-refractivity contribution is -0.123. The van der Waals surface area contributed by atoms with Crippen molar-refractivity contribution < 1.29 is 19.1 Å². The van der Waals surface area contributed by atoms with Crippen molar-refractivity contribution in [3.63, 3.8) is 0 Å². The maximum atomic E-state index is 14.3. The minimum Gasteiger partial charge on any atom is -0.497 e. The van der Waals surface area contributed by atoms with Gasteiger partial charge in [-0.05, 0) is 93.4 Å². The number of halogens is 1. The Kier molecular flexibility index (Phi) is 8.39. The van der Waals surface area contributed by atoms with Gasteiger partial charge in [0.1, 0.15) is 17.5 Å². The largest absolute Gasteiger partial charge is 0.497 e. The summed E-state index contributed by atoms with van der Waals surface area (Å²) in [6, 6.07) is 27.2. The number of ether oxygens (including phenoxy) is 1. The number of benzene rings is 4. The number of amides is 3. The molecule has 0 aliphatic carbocycles. The number of hydrogen-bond donors (Lipinski definition) is 3. The van der Waals surface area contributed by atoms with E-state index in [4.69, 9.17) is 16.3 Å². The molecule has 2 unspecified atom stereocenters. The first-order valence-electron chi connectivity index (χ1n) is 14.2. The summed E-state index contributed by atoms with van der Waals surface area (Å²) in [6.07, 6.45) is 0. The zero-order chi connectivity index (χ0) is 31.6. The third kappa shape index (κ3) is 6.40. The molecule has 8 nitrogen and oxygen atoms in total. The molecule has 0 saturated heterocycles.